The number of phenols is 1. The molecule has 6 heteroatoms. The Morgan fingerprint density at radius 2 is 1.94 bits per heavy atom. The molecule has 0 unspecified atom stereocenters. The highest BCUT2D eigenvalue weighted by Gasteiger charge is 2.15. The summed E-state index contributed by atoms with van der Waals surface area (Å²) in [6.45, 7) is 3.34. The Bertz CT molecular complexity index is 542. The van der Waals surface area contributed by atoms with Gasteiger partial charge in [0.1, 0.15) is 11.8 Å². The van der Waals surface area contributed by atoms with E-state index in [1.807, 2.05) is 0 Å². The van der Waals surface area contributed by atoms with Gasteiger partial charge in [0, 0.05) is 5.56 Å². The van der Waals surface area contributed by atoms with Crippen molar-refractivity contribution in [3.05, 3.63) is 29.2 Å². The van der Waals surface area contributed by atoms with Crippen molar-refractivity contribution in [2.45, 2.75) is 19.9 Å². The highest BCUT2D eigenvalue weighted by Crippen LogP contribution is 2.27. The first-order chi connectivity index (χ1) is 8.52. The molecule has 96 valence electrons. The summed E-state index contributed by atoms with van der Waals surface area (Å²) in [6.07, 6.45) is 0. The summed E-state index contributed by atoms with van der Waals surface area (Å²) < 4.78 is 4.97. The van der Waals surface area contributed by atoms with Gasteiger partial charge >= 0.3 is 0 Å². The van der Waals surface area contributed by atoms with Crippen LogP contribution in [-0.2, 0) is 0 Å². The van der Waals surface area contributed by atoms with E-state index in [4.69, 9.17) is 15.4 Å². The van der Waals surface area contributed by atoms with Crippen LogP contribution in [0, 0.1) is 13.8 Å². The number of nitrogens with zero attached hydrogens (tertiary/aromatic N) is 2. The lowest BCUT2D eigenvalue weighted by Gasteiger charge is -2.04. The first-order valence-electron chi connectivity index (χ1n) is 5.53. The molecule has 0 aliphatic rings. The van der Waals surface area contributed by atoms with Gasteiger partial charge in [0.25, 0.3) is 0 Å². The molecule has 1 aromatic heterocycles. The number of aromatic hydroxyl groups is 1. The topological polar surface area (TPSA) is 105 Å². The smallest absolute Gasteiger partial charge is 0.246 e. The molecule has 0 amide bonds. The number of aromatic nitrogens is 2. The van der Waals surface area contributed by atoms with Crippen LogP contribution < -0.4 is 5.73 Å². The fourth-order valence-electron chi connectivity index (χ4n) is 1.67. The third-order valence-corrected chi connectivity index (χ3v) is 2.70. The van der Waals surface area contributed by atoms with Crippen LogP contribution >= 0.6 is 0 Å². The van der Waals surface area contributed by atoms with Gasteiger partial charge < -0.3 is 20.5 Å². The van der Waals surface area contributed by atoms with Crippen molar-refractivity contribution in [1.29, 1.82) is 0 Å². The fourth-order valence-corrected chi connectivity index (χ4v) is 1.67. The number of aliphatic hydroxyl groups is 1. The van der Waals surface area contributed by atoms with Crippen molar-refractivity contribution < 1.29 is 14.7 Å². The number of nitrogens with two attached hydrogens (primary N) is 1. The second-order valence-electron chi connectivity index (χ2n) is 4.20. The molecule has 6 nitrogen and oxygen atoms in total. The monoisotopic (exact) mass is 249 g/mol. The van der Waals surface area contributed by atoms with Gasteiger partial charge in [-0.05, 0) is 37.1 Å². The highest BCUT2D eigenvalue weighted by molar-refractivity contribution is 5.60. The van der Waals surface area contributed by atoms with E-state index < -0.39 is 6.04 Å². The number of hydrogen-bond donors (Lipinski definition) is 3. The number of benzene rings is 1. The van der Waals surface area contributed by atoms with Crippen molar-refractivity contribution in [3.8, 4) is 17.1 Å². The van der Waals surface area contributed by atoms with Gasteiger partial charge in [-0.2, -0.15) is 4.98 Å². The van der Waals surface area contributed by atoms with E-state index in [0.717, 1.165) is 16.7 Å². The number of phenolic OH excluding ortho intramolecular Hbond substituents is 1. The van der Waals surface area contributed by atoms with Crippen LogP contribution in [0.1, 0.15) is 23.1 Å². The van der Waals surface area contributed by atoms with Gasteiger partial charge in [-0.3, -0.25) is 0 Å². The van der Waals surface area contributed by atoms with Crippen LogP contribution in [0.15, 0.2) is 16.7 Å². The van der Waals surface area contributed by atoms with E-state index >= 15 is 0 Å². The predicted octanol–water partition coefficient (Wildman–Crippen LogP) is 1.05. The Kier molecular flexibility index (Phi) is 3.31. The van der Waals surface area contributed by atoms with Gasteiger partial charge in [0.15, 0.2) is 0 Å². The Hall–Kier alpha value is -1.92. The van der Waals surface area contributed by atoms with Crippen LogP contribution in [0.3, 0.4) is 0 Å². The molecule has 2 aromatic rings. The maximum atomic E-state index is 9.69. The molecular formula is C12H15N3O3. The van der Waals surface area contributed by atoms with Crippen molar-refractivity contribution in [3.63, 3.8) is 0 Å². The molecule has 0 spiro atoms. The first-order valence-corrected chi connectivity index (χ1v) is 5.53. The molecule has 18 heavy (non-hydrogen) atoms. The van der Waals surface area contributed by atoms with E-state index in [0.29, 0.717) is 5.82 Å². The number of hydrogen-bond acceptors (Lipinski definition) is 6. The Labute approximate surface area is 104 Å². The minimum Gasteiger partial charge on any atom is -0.507 e. The van der Waals surface area contributed by atoms with Crippen LogP contribution in [-0.4, -0.2) is 27.0 Å². The third-order valence-electron chi connectivity index (χ3n) is 2.70. The quantitative estimate of drug-likeness (QED) is 0.750. The zero-order chi connectivity index (χ0) is 13.3. The third kappa shape index (κ3) is 2.20. The number of aliphatic hydroxyl groups excluding tert-OH is 1. The van der Waals surface area contributed by atoms with Crippen LogP contribution in [0.2, 0.25) is 0 Å². The van der Waals surface area contributed by atoms with Crippen molar-refractivity contribution in [2.24, 2.45) is 5.73 Å². The van der Waals surface area contributed by atoms with Gasteiger partial charge in [-0.1, -0.05) is 5.16 Å². The molecular weight excluding hydrogens is 234 g/mol. The first kappa shape index (κ1) is 12.5. The van der Waals surface area contributed by atoms with Gasteiger partial charge in [0.05, 0.1) is 6.61 Å². The molecule has 1 heterocycles. The molecule has 1 atom stereocenters. The van der Waals surface area contributed by atoms with E-state index in [2.05, 4.69) is 10.1 Å². The Morgan fingerprint density at radius 1 is 1.33 bits per heavy atom. The average Bonchev–Trinajstić information content (AvgIpc) is 2.84. The van der Waals surface area contributed by atoms with Crippen molar-refractivity contribution >= 4 is 0 Å². The van der Waals surface area contributed by atoms with Crippen molar-refractivity contribution in [1.82, 2.24) is 10.1 Å². The average molecular weight is 249 g/mol. The minimum absolute atomic E-state index is 0.191. The normalized spacial score (nSPS) is 12.7. The largest absolute Gasteiger partial charge is 0.507 e. The van der Waals surface area contributed by atoms with Gasteiger partial charge in [-0.25, -0.2) is 0 Å². The molecule has 0 aliphatic carbocycles. The maximum absolute atomic E-state index is 9.69. The maximum Gasteiger partial charge on any atom is 0.246 e. The number of aryl methyl sites for hydroxylation is 2. The fraction of sp³-hybridized carbons (Fsp3) is 0.333. The lowest BCUT2D eigenvalue weighted by atomic mass is 10.1. The SMILES string of the molecule is Cc1cc(-c2noc([C@@H](N)CO)n2)cc(C)c1O. The second-order valence-corrected chi connectivity index (χ2v) is 4.20. The highest BCUT2D eigenvalue weighted by atomic mass is 16.5. The predicted molar refractivity (Wildman–Crippen MR) is 64.9 cm³/mol. The Morgan fingerprint density at radius 3 is 2.50 bits per heavy atom. The molecule has 0 saturated carbocycles. The molecule has 0 radical (unpaired) electrons. The molecule has 2 rings (SSSR count). The van der Waals surface area contributed by atoms with Crippen molar-refractivity contribution in [2.75, 3.05) is 6.61 Å². The summed E-state index contributed by atoms with van der Waals surface area (Å²) in [7, 11) is 0. The molecule has 0 bridgehead atoms. The summed E-state index contributed by atoms with van der Waals surface area (Å²) in [6, 6.07) is 2.86. The van der Waals surface area contributed by atoms with E-state index in [-0.39, 0.29) is 18.2 Å². The lowest BCUT2D eigenvalue weighted by Crippen LogP contribution is -2.14. The van der Waals surface area contributed by atoms with E-state index in [1.54, 1.807) is 26.0 Å². The minimum atomic E-state index is -0.675. The van der Waals surface area contributed by atoms with Gasteiger partial charge in [0.2, 0.25) is 11.7 Å². The molecule has 0 fully saturated rings. The molecule has 4 N–H and O–H groups in total. The summed E-state index contributed by atoms with van der Waals surface area (Å²) in [5.41, 5.74) is 7.80. The van der Waals surface area contributed by atoms with Crippen LogP contribution in [0.5, 0.6) is 5.75 Å². The Balaban J connectivity index is 2.40. The van der Waals surface area contributed by atoms with Crippen LogP contribution in [0.25, 0.3) is 11.4 Å². The standard InChI is InChI=1S/C12H15N3O3/c1-6-3-8(4-7(2)10(6)17)11-14-12(18-15-11)9(13)5-16/h3-4,9,16-17H,5,13H2,1-2H3/t9-/m0/s1. The summed E-state index contributed by atoms with van der Waals surface area (Å²) in [5.74, 6) is 0.838. The summed E-state index contributed by atoms with van der Waals surface area (Å²) >= 11 is 0. The number of rotatable bonds is 3. The summed E-state index contributed by atoms with van der Waals surface area (Å²) in [4.78, 5) is 4.12. The lowest BCUT2D eigenvalue weighted by molar-refractivity contribution is 0.237. The molecule has 1 aromatic carbocycles. The van der Waals surface area contributed by atoms with E-state index in [1.165, 1.54) is 0 Å². The zero-order valence-electron chi connectivity index (χ0n) is 10.2. The molecule has 0 aliphatic heterocycles. The second kappa shape index (κ2) is 4.75. The zero-order valence-corrected chi connectivity index (χ0v) is 10.2. The van der Waals surface area contributed by atoms with Gasteiger partial charge in [-0.15, -0.1) is 0 Å². The van der Waals surface area contributed by atoms with Crippen LogP contribution in [0.4, 0.5) is 0 Å². The summed E-state index contributed by atoms with van der Waals surface area (Å²) in [5, 5.41) is 22.4. The molecule has 0 saturated heterocycles. The van der Waals surface area contributed by atoms with E-state index in [9.17, 15) is 5.11 Å².